The maximum absolute atomic E-state index is 13.0. The normalized spacial score (nSPS) is 13.7. The van der Waals surface area contributed by atoms with E-state index in [0.29, 0.717) is 28.1 Å². The summed E-state index contributed by atoms with van der Waals surface area (Å²) < 4.78 is 4.77. The first-order valence-electron chi connectivity index (χ1n) is 9.94. The first-order valence-corrected chi connectivity index (χ1v) is 9.94. The number of nitrogens with two attached hydrogens (primary N) is 1. The van der Waals surface area contributed by atoms with E-state index in [1.807, 2.05) is 54.6 Å². The van der Waals surface area contributed by atoms with Crippen LogP contribution < -0.4 is 16.4 Å². The first-order chi connectivity index (χ1) is 15.5. The highest BCUT2D eigenvalue weighted by atomic mass is 16.5. The van der Waals surface area contributed by atoms with Crippen molar-refractivity contribution < 1.29 is 19.1 Å². The van der Waals surface area contributed by atoms with Crippen LogP contribution >= 0.6 is 0 Å². The second kappa shape index (κ2) is 8.77. The number of ether oxygens (including phenoxy) is 1. The monoisotopic (exact) mass is 427 g/mol. The van der Waals surface area contributed by atoms with Crippen molar-refractivity contribution in [3.05, 3.63) is 95.1 Å². The molecule has 1 aliphatic heterocycles. The fourth-order valence-corrected chi connectivity index (χ4v) is 3.60. The number of carbonyl (C=O) groups is 3. The van der Waals surface area contributed by atoms with Crippen LogP contribution in [0.1, 0.15) is 27.0 Å². The number of methoxy groups -OCH3 is 1. The van der Waals surface area contributed by atoms with E-state index >= 15 is 0 Å². The third kappa shape index (κ3) is 4.22. The Morgan fingerprint density at radius 2 is 1.69 bits per heavy atom. The lowest BCUT2D eigenvalue weighted by atomic mass is 9.99. The molecule has 0 spiro atoms. The molecule has 0 aromatic heterocycles. The SMILES string of the molecule is COC(=O)c1ccc2c(c1)NC(=O)/C2=C(/Nc1ccc(CC(N)=O)cc1)c1ccccc1. The summed E-state index contributed by atoms with van der Waals surface area (Å²) in [5.41, 5.74) is 10.3. The van der Waals surface area contributed by atoms with Gasteiger partial charge in [0, 0.05) is 11.3 Å². The maximum Gasteiger partial charge on any atom is 0.337 e. The number of primary amides is 1. The number of nitrogens with one attached hydrogen (secondary N) is 2. The Kier molecular flexibility index (Phi) is 5.72. The second-order valence-corrected chi connectivity index (χ2v) is 7.29. The van der Waals surface area contributed by atoms with Crippen LogP contribution in [0.3, 0.4) is 0 Å². The van der Waals surface area contributed by atoms with Crippen LogP contribution in [-0.4, -0.2) is 24.9 Å². The van der Waals surface area contributed by atoms with Crippen LogP contribution in [0.15, 0.2) is 72.8 Å². The molecular formula is C25H21N3O4. The third-order valence-corrected chi connectivity index (χ3v) is 5.10. The predicted octanol–water partition coefficient (Wildman–Crippen LogP) is 3.43. The summed E-state index contributed by atoms with van der Waals surface area (Å²) in [5.74, 6) is -1.15. The largest absolute Gasteiger partial charge is 0.465 e. The van der Waals surface area contributed by atoms with Gasteiger partial charge in [0.1, 0.15) is 0 Å². The van der Waals surface area contributed by atoms with Crippen LogP contribution in [0.4, 0.5) is 11.4 Å². The smallest absolute Gasteiger partial charge is 0.337 e. The van der Waals surface area contributed by atoms with Gasteiger partial charge in [-0.3, -0.25) is 9.59 Å². The summed E-state index contributed by atoms with van der Waals surface area (Å²) in [5, 5.41) is 6.19. The summed E-state index contributed by atoms with van der Waals surface area (Å²) in [6.45, 7) is 0. The summed E-state index contributed by atoms with van der Waals surface area (Å²) in [4.78, 5) is 36.0. The van der Waals surface area contributed by atoms with E-state index in [-0.39, 0.29) is 12.3 Å². The zero-order valence-corrected chi connectivity index (χ0v) is 17.3. The molecule has 0 aliphatic carbocycles. The van der Waals surface area contributed by atoms with Crippen molar-refractivity contribution in [1.82, 2.24) is 0 Å². The van der Waals surface area contributed by atoms with Gasteiger partial charge in [0.25, 0.3) is 5.91 Å². The van der Waals surface area contributed by atoms with Crippen molar-refractivity contribution in [1.29, 1.82) is 0 Å². The van der Waals surface area contributed by atoms with E-state index in [9.17, 15) is 14.4 Å². The van der Waals surface area contributed by atoms with Gasteiger partial charge >= 0.3 is 5.97 Å². The second-order valence-electron chi connectivity index (χ2n) is 7.29. The number of anilines is 2. The van der Waals surface area contributed by atoms with Gasteiger partial charge in [0.15, 0.2) is 0 Å². The van der Waals surface area contributed by atoms with Gasteiger partial charge in [-0.1, -0.05) is 48.5 Å². The lowest BCUT2D eigenvalue weighted by Crippen LogP contribution is -2.13. The highest BCUT2D eigenvalue weighted by Crippen LogP contribution is 2.38. The molecule has 3 aromatic carbocycles. The number of fused-ring (bicyclic) bond motifs is 1. The lowest BCUT2D eigenvalue weighted by Gasteiger charge is -2.15. The number of hydrogen-bond donors (Lipinski definition) is 3. The van der Waals surface area contributed by atoms with E-state index in [1.54, 1.807) is 18.2 Å². The van der Waals surface area contributed by atoms with Crippen LogP contribution in [0.2, 0.25) is 0 Å². The van der Waals surface area contributed by atoms with E-state index < -0.39 is 11.9 Å². The Balaban J connectivity index is 1.79. The van der Waals surface area contributed by atoms with Gasteiger partial charge in [0.2, 0.25) is 5.91 Å². The Hall–Kier alpha value is -4.39. The van der Waals surface area contributed by atoms with E-state index in [0.717, 1.165) is 16.8 Å². The molecular weight excluding hydrogens is 406 g/mol. The Morgan fingerprint density at radius 1 is 0.969 bits per heavy atom. The minimum Gasteiger partial charge on any atom is -0.465 e. The number of amides is 2. The molecule has 4 N–H and O–H groups in total. The van der Waals surface area contributed by atoms with E-state index in [4.69, 9.17) is 10.5 Å². The Labute approximate surface area is 184 Å². The third-order valence-electron chi connectivity index (χ3n) is 5.10. The summed E-state index contributed by atoms with van der Waals surface area (Å²) in [6.07, 6.45) is 0.158. The van der Waals surface area contributed by atoms with Crippen molar-refractivity contribution >= 4 is 40.4 Å². The minimum absolute atomic E-state index is 0.158. The Morgan fingerprint density at radius 3 is 2.34 bits per heavy atom. The summed E-state index contributed by atoms with van der Waals surface area (Å²) >= 11 is 0. The highest BCUT2D eigenvalue weighted by molar-refractivity contribution is 6.37. The van der Waals surface area contributed by atoms with Crippen molar-refractivity contribution in [3.8, 4) is 0 Å². The number of carbonyl (C=O) groups excluding carboxylic acids is 3. The highest BCUT2D eigenvalue weighted by Gasteiger charge is 2.29. The molecule has 160 valence electrons. The number of esters is 1. The minimum atomic E-state index is -0.475. The lowest BCUT2D eigenvalue weighted by molar-refractivity contribution is -0.117. The van der Waals surface area contributed by atoms with Crippen LogP contribution in [0, 0.1) is 0 Å². The molecule has 0 radical (unpaired) electrons. The first kappa shape index (κ1) is 20.9. The molecule has 0 saturated heterocycles. The zero-order valence-electron chi connectivity index (χ0n) is 17.3. The zero-order chi connectivity index (χ0) is 22.7. The van der Waals surface area contributed by atoms with Crippen LogP contribution in [0.5, 0.6) is 0 Å². The molecule has 0 unspecified atom stereocenters. The standard InChI is InChI=1S/C25H21N3O4/c1-32-25(31)17-9-12-19-20(14-17)28-24(30)22(19)23(16-5-3-2-4-6-16)27-18-10-7-15(8-11-18)13-21(26)29/h2-12,14,27H,13H2,1H3,(H2,26,29)(H,28,30)/b23-22+. The fourth-order valence-electron chi connectivity index (χ4n) is 3.60. The van der Waals surface area contributed by atoms with Gasteiger partial charge in [-0.05, 0) is 35.4 Å². The van der Waals surface area contributed by atoms with Gasteiger partial charge in [-0.25, -0.2) is 4.79 Å². The summed E-state index contributed by atoms with van der Waals surface area (Å²) in [7, 11) is 1.31. The molecule has 2 amide bonds. The molecule has 0 fully saturated rings. The molecule has 32 heavy (non-hydrogen) atoms. The molecule has 0 bridgehead atoms. The van der Waals surface area contributed by atoms with Crippen molar-refractivity contribution in [2.24, 2.45) is 5.73 Å². The van der Waals surface area contributed by atoms with Crippen LogP contribution in [-0.2, 0) is 20.7 Å². The molecule has 1 heterocycles. The Bertz CT molecular complexity index is 1230. The molecule has 3 aromatic rings. The van der Waals surface area contributed by atoms with E-state index in [1.165, 1.54) is 7.11 Å². The quantitative estimate of drug-likeness (QED) is 0.412. The van der Waals surface area contributed by atoms with Crippen LogP contribution in [0.25, 0.3) is 11.3 Å². The molecule has 0 saturated carbocycles. The number of rotatable bonds is 6. The average molecular weight is 427 g/mol. The number of benzene rings is 3. The van der Waals surface area contributed by atoms with Crippen molar-refractivity contribution in [2.75, 3.05) is 17.7 Å². The van der Waals surface area contributed by atoms with Gasteiger partial charge in [-0.2, -0.15) is 0 Å². The summed E-state index contributed by atoms with van der Waals surface area (Å²) in [6, 6.07) is 21.7. The molecule has 7 nitrogen and oxygen atoms in total. The van der Waals surface area contributed by atoms with Gasteiger partial charge in [0.05, 0.1) is 36.1 Å². The van der Waals surface area contributed by atoms with E-state index in [2.05, 4.69) is 10.6 Å². The number of hydrogen-bond acceptors (Lipinski definition) is 5. The average Bonchev–Trinajstić information content (AvgIpc) is 3.13. The fraction of sp³-hybridized carbons (Fsp3) is 0.0800. The molecule has 7 heteroatoms. The maximum atomic E-state index is 13.0. The topological polar surface area (TPSA) is 111 Å². The van der Waals surface area contributed by atoms with Gasteiger partial charge in [-0.15, -0.1) is 0 Å². The molecule has 1 aliphatic rings. The van der Waals surface area contributed by atoms with Gasteiger partial charge < -0.3 is 21.1 Å². The van der Waals surface area contributed by atoms with Crippen molar-refractivity contribution in [3.63, 3.8) is 0 Å². The molecule has 0 atom stereocenters. The molecule has 4 rings (SSSR count). The van der Waals surface area contributed by atoms with Crippen molar-refractivity contribution in [2.45, 2.75) is 6.42 Å². The predicted molar refractivity (Wildman–Crippen MR) is 123 cm³/mol.